The predicted octanol–water partition coefficient (Wildman–Crippen LogP) is 1.40. The maximum atomic E-state index is 5.83. The first-order valence-corrected chi connectivity index (χ1v) is 8.70. The van der Waals surface area contributed by atoms with Gasteiger partial charge in [-0.15, -0.1) is 0 Å². The van der Waals surface area contributed by atoms with E-state index < -0.39 is 0 Å². The number of aryl methyl sites for hydroxylation is 2. The van der Waals surface area contributed by atoms with Crippen molar-refractivity contribution < 1.29 is 9.47 Å². The van der Waals surface area contributed by atoms with Gasteiger partial charge in [0, 0.05) is 26.3 Å². The van der Waals surface area contributed by atoms with Gasteiger partial charge in [-0.2, -0.15) is 5.10 Å². The largest absolute Gasteiger partial charge is 0.491 e. The summed E-state index contributed by atoms with van der Waals surface area (Å²) in [5.41, 5.74) is 2.18. The van der Waals surface area contributed by atoms with E-state index in [-0.39, 0.29) is 0 Å². The number of hydrogen-bond acceptors (Lipinski definition) is 5. The van der Waals surface area contributed by atoms with Crippen LogP contribution in [0.15, 0.2) is 29.5 Å². The van der Waals surface area contributed by atoms with E-state index in [1.54, 1.807) is 11.8 Å². The van der Waals surface area contributed by atoms with Crippen molar-refractivity contribution in [1.82, 2.24) is 25.4 Å². The molecule has 1 heterocycles. The van der Waals surface area contributed by atoms with E-state index in [9.17, 15) is 0 Å². The van der Waals surface area contributed by atoms with Crippen LogP contribution in [0.3, 0.4) is 0 Å². The molecule has 0 saturated heterocycles. The van der Waals surface area contributed by atoms with Crippen LogP contribution in [0.4, 0.5) is 0 Å². The van der Waals surface area contributed by atoms with Crippen molar-refractivity contribution in [2.45, 2.75) is 26.9 Å². The number of guanidine groups is 1. The Morgan fingerprint density at radius 1 is 1.27 bits per heavy atom. The summed E-state index contributed by atoms with van der Waals surface area (Å²) in [4.78, 5) is 8.86. The van der Waals surface area contributed by atoms with Crippen molar-refractivity contribution in [2.75, 3.05) is 26.9 Å². The minimum Gasteiger partial charge on any atom is -0.491 e. The maximum absolute atomic E-state index is 5.83. The number of aromatic nitrogens is 3. The maximum Gasteiger partial charge on any atom is 0.191 e. The number of nitrogens with zero attached hydrogens (tertiary/aromatic N) is 4. The van der Waals surface area contributed by atoms with Gasteiger partial charge in [-0.05, 0) is 25.5 Å². The summed E-state index contributed by atoms with van der Waals surface area (Å²) in [6.45, 7) is 6.98. The van der Waals surface area contributed by atoms with Crippen LogP contribution in [0.1, 0.15) is 23.9 Å². The molecule has 142 valence electrons. The van der Waals surface area contributed by atoms with Crippen molar-refractivity contribution in [3.63, 3.8) is 0 Å². The molecule has 0 radical (unpaired) electrons. The van der Waals surface area contributed by atoms with Crippen LogP contribution in [-0.2, 0) is 24.9 Å². The molecule has 0 bridgehead atoms. The van der Waals surface area contributed by atoms with E-state index in [0.29, 0.717) is 26.3 Å². The summed E-state index contributed by atoms with van der Waals surface area (Å²) < 4.78 is 12.6. The van der Waals surface area contributed by atoms with E-state index in [1.165, 1.54) is 6.33 Å². The molecule has 1 aromatic heterocycles. The zero-order valence-electron chi connectivity index (χ0n) is 16.0. The molecule has 2 rings (SSSR count). The topological polar surface area (TPSA) is 85.6 Å². The van der Waals surface area contributed by atoms with Crippen molar-refractivity contribution >= 4 is 5.96 Å². The number of ether oxygens (including phenoxy) is 2. The van der Waals surface area contributed by atoms with Crippen LogP contribution in [0, 0.1) is 6.92 Å². The van der Waals surface area contributed by atoms with E-state index in [1.807, 2.05) is 33.0 Å². The molecule has 0 fully saturated rings. The number of hydrogen-bond donors (Lipinski definition) is 2. The molecule has 0 aliphatic carbocycles. The second-order valence-electron chi connectivity index (χ2n) is 5.80. The first-order valence-electron chi connectivity index (χ1n) is 8.70. The van der Waals surface area contributed by atoms with Crippen molar-refractivity contribution in [2.24, 2.45) is 12.0 Å². The minimum atomic E-state index is 0.511. The Morgan fingerprint density at radius 2 is 2.12 bits per heavy atom. The number of aliphatic imine (C=N–C) groups is 1. The Morgan fingerprint density at radius 3 is 2.81 bits per heavy atom. The molecule has 2 aromatic rings. The quantitative estimate of drug-likeness (QED) is 0.399. The molecule has 0 aliphatic rings. The number of rotatable bonds is 9. The van der Waals surface area contributed by atoms with Gasteiger partial charge in [-0.1, -0.05) is 12.1 Å². The van der Waals surface area contributed by atoms with Gasteiger partial charge in [0.15, 0.2) is 5.96 Å². The summed E-state index contributed by atoms with van der Waals surface area (Å²) in [5.74, 6) is 2.41. The zero-order valence-corrected chi connectivity index (χ0v) is 16.0. The fourth-order valence-corrected chi connectivity index (χ4v) is 2.31. The fraction of sp³-hybridized carbons (Fsp3) is 0.500. The van der Waals surface area contributed by atoms with Crippen molar-refractivity contribution in [3.05, 3.63) is 41.5 Å². The van der Waals surface area contributed by atoms with Crippen LogP contribution >= 0.6 is 0 Å². The normalized spacial score (nSPS) is 11.5. The lowest BCUT2D eigenvalue weighted by molar-refractivity contribution is 0.145. The fourth-order valence-electron chi connectivity index (χ4n) is 2.31. The average molecular weight is 360 g/mol. The lowest BCUT2D eigenvalue weighted by Crippen LogP contribution is -2.37. The number of benzene rings is 1. The van der Waals surface area contributed by atoms with Gasteiger partial charge in [0.1, 0.15) is 24.5 Å². The molecular weight excluding hydrogens is 332 g/mol. The van der Waals surface area contributed by atoms with Gasteiger partial charge in [0.25, 0.3) is 0 Å². The SMILES string of the molecule is CCNC(=NCc1ccc(C)cc1OCCOC)NCc1ncnn1C. The van der Waals surface area contributed by atoms with Gasteiger partial charge in [0.05, 0.1) is 19.7 Å². The lowest BCUT2D eigenvalue weighted by atomic mass is 10.1. The Balaban J connectivity index is 2.04. The Kier molecular flexibility index (Phi) is 7.88. The Hall–Kier alpha value is -2.61. The van der Waals surface area contributed by atoms with Gasteiger partial charge >= 0.3 is 0 Å². The van der Waals surface area contributed by atoms with E-state index in [0.717, 1.165) is 35.2 Å². The third-order valence-corrected chi connectivity index (χ3v) is 3.74. The van der Waals surface area contributed by atoms with Crippen LogP contribution in [-0.4, -0.2) is 47.6 Å². The third-order valence-electron chi connectivity index (χ3n) is 3.74. The van der Waals surface area contributed by atoms with Crippen LogP contribution < -0.4 is 15.4 Å². The first-order chi connectivity index (χ1) is 12.6. The van der Waals surface area contributed by atoms with E-state index in [2.05, 4.69) is 31.8 Å². The van der Waals surface area contributed by atoms with Gasteiger partial charge in [0.2, 0.25) is 0 Å². The van der Waals surface area contributed by atoms with Crippen LogP contribution in [0.5, 0.6) is 5.75 Å². The molecular formula is C18H28N6O2. The molecule has 0 atom stereocenters. The molecule has 1 aromatic carbocycles. The van der Waals surface area contributed by atoms with E-state index in [4.69, 9.17) is 9.47 Å². The highest BCUT2D eigenvalue weighted by molar-refractivity contribution is 5.79. The van der Waals surface area contributed by atoms with Crippen LogP contribution in [0.2, 0.25) is 0 Å². The smallest absolute Gasteiger partial charge is 0.191 e. The molecule has 0 saturated carbocycles. The molecule has 8 nitrogen and oxygen atoms in total. The van der Waals surface area contributed by atoms with Crippen molar-refractivity contribution in [1.29, 1.82) is 0 Å². The van der Waals surface area contributed by atoms with Gasteiger partial charge < -0.3 is 20.1 Å². The summed E-state index contributed by atoms with van der Waals surface area (Å²) in [6, 6.07) is 6.14. The van der Waals surface area contributed by atoms with Crippen LogP contribution in [0.25, 0.3) is 0 Å². The predicted molar refractivity (Wildman–Crippen MR) is 101 cm³/mol. The average Bonchev–Trinajstić information content (AvgIpc) is 3.04. The molecule has 26 heavy (non-hydrogen) atoms. The van der Waals surface area contributed by atoms with Gasteiger partial charge in [-0.25, -0.2) is 9.98 Å². The van der Waals surface area contributed by atoms with Gasteiger partial charge in [-0.3, -0.25) is 4.68 Å². The second-order valence-corrected chi connectivity index (χ2v) is 5.80. The molecule has 0 aliphatic heterocycles. The number of methoxy groups -OCH3 is 1. The Labute approximate surface area is 154 Å². The molecule has 0 amide bonds. The minimum absolute atomic E-state index is 0.511. The standard InChI is InChI=1S/C18H28N6O2/c1-5-19-18(21-12-17-22-13-23-24(17)3)20-11-15-7-6-14(2)10-16(15)26-9-8-25-4/h6-7,10,13H,5,8-9,11-12H2,1-4H3,(H2,19,20,21). The molecule has 0 spiro atoms. The second kappa shape index (κ2) is 10.4. The van der Waals surface area contributed by atoms with Crippen molar-refractivity contribution in [3.8, 4) is 5.75 Å². The summed E-state index contributed by atoms with van der Waals surface area (Å²) in [6.07, 6.45) is 1.54. The summed E-state index contributed by atoms with van der Waals surface area (Å²) in [5, 5.41) is 10.6. The highest BCUT2D eigenvalue weighted by atomic mass is 16.5. The highest BCUT2D eigenvalue weighted by Gasteiger charge is 2.06. The van der Waals surface area contributed by atoms with E-state index >= 15 is 0 Å². The number of nitrogens with one attached hydrogen (secondary N) is 2. The zero-order chi connectivity index (χ0) is 18.8. The highest BCUT2D eigenvalue weighted by Crippen LogP contribution is 2.21. The first kappa shape index (κ1) is 19.7. The molecule has 8 heteroatoms. The molecule has 2 N–H and O–H groups in total. The molecule has 0 unspecified atom stereocenters. The monoisotopic (exact) mass is 360 g/mol. The Bertz CT molecular complexity index is 713. The summed E-state index contributed by atoms with van der Waals surface area (Å²) in [7, 11) is 3.53. The summed E-state index contributed by atoms with van der Waals surface area (Å²) >= 11 is 0. The lowest BCUT2D eigenvalue weighted by Gasteiger charge is -2.13. The third kappa shape index (κ3) is 6.03.